The van der Waals surface area contributed by atoms with Gasteiger partial charge in [-0.1, -0.05) is 38.2 Å². The average Bonchev–Trinajstić information content (AvgIpc) is 2.89. The van der Waals surface area contributed by atoms with Gasteiger partial charge in [-0.2, -0.15) is 4.98 Å². The number of aryl methyl sites for hydroxylation is 1. The molecule has 0 radical (unpaired) electrons. The summed E-state index contributed by atoms with van der Waals surface area (Å²) < 4.78 is 11.0. The molecule has 10 heteroatoms. The summed E-state index contributed by atoms with van der Waals surface area (Å²) in [5, 5.41) is 5.81. The van der Waals surface area contributed by atoms with E-state index in [4.69, 9.17) is 9.15 Å². The van der Waals surface area contributed by atoms with E-state index in [1.165, 1.54) is 24.2 Å². The molecule has 0 aliphatic heterocycles. The van der Waals surface area contributed by atoms with Crippen molar-refractivity contribution in [1.82, 2.24) is 15.3 Å². The van der Waals surface area contributed by atoms with Crippen LogP contribution in [0.2, 0.25) is 0 Å². The smallest absolute Gasteiger partial charge is 0.412 e. The Kier molecular flexibility index (Phi) is 8.83. The van der Waals surface area contributed by atoms with E-state index in [2.05, 4.69) is 20.6 Å². The molecule has 0 unspecified atom stereocenters. The van der Waals surface area contributed by atoms with Gasteiger partial charge in [0.05, 0.1) is 10.9 Å². The zero-order chi connectivity index (χ0) is 28.0. The predicted octanol–water partition coefficient (Wildman–Crippen LogP) is 5.93. The minimum atomic E-state index is -0.664. The van der Waals surface area contributed by atoms with Gasteiger partial charge in [-0.15, -0.1) is 0 Å². The molecule has 4 rings (SSSR count). The summed E-state index contributed by atoms with van der Waals surface area (Å²) in [6.45, 7) is 7.67. The molecule has 1 aliphatic carbocycles. The summed E-state index contributed by atoms with van der Waals surface area (Å²) in [4.78, 5) is 48.8. The molecular weight excluding hydrogens is 498 g/mol. The maximum absolute atomic E-state index is 13.3. The summed E-state index contributed by atoms with van der Waals surface area (Å²) in [7, 11) is 0. The molecule has 1 fully saturated rings. The number of urea groups is 1. The summed E-state index contributed by atoms with van der Waals surface area (Å²) in [6.07, 6.45) is 9.43. The van der Waals surface area contributed by atoms with Crippen molar-refractivity contribution in [2.24, 2.45) is 5.92 Å². The van der Waals surface area contributed by atoms with Crippen molar-refractivity contribution in [1.29, 1.82) is 0 Å². The van der Waals surface area contributed by atoms with Crippen LogP contribution in [0.1, 0.15) is 70.4 Å². The van der Waals surface area contributed by atoms with Gasteiger partial charge < -0.3 is 14.5 Å². The van der Waals surface area contributed by atoms with Gasteiger partial charge in [0, 0.05) is 31.2 Å². The Hall–Kier alpha value is -3.95. The van der Waals surface area contributed by atoms with E-state index in [1.807, 2.05) is 6.07 Å². The number of amides is 3. The van der Waals surface area contributed by atoms with Crippen LogP contribution in [0.5, 0.6) is 0 Å². The highest BCUT2D eigenvalue weighted by Gasteiger charge is 2.25. The molecule has 2 aromatic heterocycles. The molecule has 0 spiro atoms. The van der Waals surface area contributed by atoms with E-state index >= 15 is 0 Å². The second-order valence-electron chi connectivity index (χ2n) is 11.0. The van der Waals surface area contributed by atoms with Crippen LogP contribution in [0.25, 0.3) is 10.9 Å². The van der Waals surface area contributed by atoms with Crippen LogP contribution in [0, 0.1) is 12.8 Å². The Bertz CT molecular complexity index is 1360. The first-order valence-electron chi connectivity index (χ1n) is 13.5. The van der Waals surface area contributed by atoms with Crippen LogP contribution in [-0.4, -0.2) is 34.2 Å². The summed E-state index contributed by atoms with van der Waals surface area (Å²) in [5.74, 6) is 0.517. The van der Waals surface area contributed by atoms with Gasteiger partial charge in [0.2, 0.25) is 0 Å². The van der Waals surface area contributed by atoms with Crippen molar-refractivity contribution in [2.75, 3.05) is 16.8 Å². The number of nitrogens with zero attached hydrogens (tertiary/aromatic N) is 3. The largest absolute Gasteiger partial charge is 0.444 e. The number of hydrogen-bond donors (Lipinski definition) is 2. The van der Waals surface area contributed by atoms with Gasteiger partial charge in [0.15, 0.2) is 0 Å². The molecular formula is C29H37N5O5. The Morgan fingerprint density at radius 3 is 2.62 bits per heavy atom. The van der Waals surface area contributed by atoms with Crippen LogP contribution < -0.4 is 21.2 Å². The molecule has 1 saturated carbocycles. The predicted molar refractivity (Wildman–Crippen MR) is 150 cm³/mol. The first-order valence-corrected chi connectivity index (χ1v) is 13.5. The molecule has 10 nitrogen and oxygen atoms in total. The lowest BCUT2D eigenvalue weighted by molar-refractivity contribution is 0.0635. The van der Waals surface area contributed by atoms with Gasteiger partial charge >= 0.3 is 23.8 Å². The summed E-state index contributed by atoms with van der Waals surface area (Å²) in [5.41, 5.74) is 0.844. The second kappa shape index (κ2) is 12.3. The van der Waals surface area contributed by atoms with Gasteiger partial charge in [0.25, 0.3) is 0 Å². The first kappa shape index (κ1) is 28.1. The van der Waals surface area contributed by atoms with Gasteiger partial charge in [-0.3, -0.25) is 10.3 Å². The van der Waals surface area contributed by atoms with Gasteiger partial charge in [-0.05, 0) is 69.4 Å². The van der Waals surface area contributed by atoms with Crippen LogP contribution in [0.4, 0.5) is 21.3 Å². The number of aromatic nitrogens is 2. The Morgan fingerprint density at radius 2 is 1.92 bits per heavy atom. The van der Waals surface area contributed by atoms with E-state index in [1.54, 1.807) is 58.3 Å². The fourth-order valence-corrected chi connectivity index (χ4v) is 4.82. The Balaban J connectivity index is 1.60. The number of ether oxygens (including phenoxy) is 1. The number of carbonyl (C=O) groups excluding carboxylic acids is 2. The second-order valence-corrected chi connectivity index (χ2v) is 11.0. The first-order chi connectivity index (χ1) is 18.6. The van der Waals surface area contributed by atoms with E-state index in [-0.39, 0.29) is 17.9 Å². The number of rotatable bonds is 7. The van der Waals surface area contributed by atoms with Crippen LogP contribution in [0.3, 0.4) is 0 Å². The maximum Gasteiger partial charge on any atom is 0.412 e. The summed E-state index contributed by atoms with van der Waals surface area (Å²) in [6, 6.07) is 6.51. The highest BCUT2D eigenvalue weighted by Crippen LogP contribution is 2.28. The molecule has 208 valence electrons. The lowest BCUT2D eigenvalue weighted by Crippen LogP contribution is -2.42. The van der Waals surface area contributed by atoms with Crippen LogP contribution in [0.15, 0.2) is 45.9 Å². The van der Waals surface area contributed by atoms with E-state index in [0.29, 0.717) is 29.2 Å². The topological polar surface area (TPSA) is 127 Å². The molecule has 3 aromatic rings. The van der Waals surface area contributed by atoms with Crippen molar-refractivity contribution in [3.63, 3.8) is 0 Å². The third-order valence-electron chi connectivity index (χ3n) is 6.81. The number of fused-ring (bicyclic) bond motifs is 1. The van der Waals surface area contributed by atoms with Crippen molar-refractivity contribution in [2.45, 2.75) is 78.4 Å². The van der Waals surface area contributed by atoms with Crippen molar-refractivity contribution in [3.05, 3.63) is 58.2 Å². The number of anilines is 2. The quantitative estimate of drug-likeness (QED) is 0.384. The van der Waals surface area contributed by atoms with Gasteiger partial charge in [0.1, 0.15) is 5.60 Å². The molecule has 1 aromatic carbocycles. The SMILES string of the molecule is Cc1c(NC(=O)OC(C)(C)C)ccc2nc(N(CCC3CCCCC3)C(=O)NCc3cccnc3)oc(=O)c12. The Morgan fingerprint density at radius 1 is 1.15 bits per heavy atom. The lowest BCUT2D eigenvalue weighted by Gasteiger charge is -2.26. The fourth-order valence-electron chi connectivity index (χ4n) is 4.82. The Labute approximate surface area is 228 Å². The zero-order valence-electron chi connectivity index (χ0n) is 23.1. The number of nitrogens with one attached hydrogen (secondary N) is 2. The number of hydrogen-bond acceptors (Lipinski definition) is 7. The third-order valence-corrected chi connectivity index (χ3v) is 6.81. The molecule has 0 saturated heterocycles. The lowest BCUT2D eigenvalue weighted by atomic mass is 9.87. The van der Waals surface area contributed by atoms with Gasteiger partial charge in [-0.25, -0.2) is 19.3 Å². The minimum absolute atomic E-state index is 0.0563. The minimum Gasteiger partial charge on any atom is -0.444 e. The van der Waals surface area contributed by atoms with Crippen LogP contribution >= 0.6 is 0 Å². The zero-order valence-corrected chi connectivity index (χ0v) is 23.1. The van der Waals surface area contributed by atoms with E-state index in [0.717, 1.165) is 24.8 Å². The third kappa shape index (κ3) is 7.55. The highest BCUT2D eigenvalue weighted by molar-refractivity contribution is 5.94. The van der Waals surface area contributed by atoms with E-state index < -0.39 is 23.4 Å². The molecule has 3 amide bonds. The number of pyridine rings is 1. The molecule has 0 atom stereocenters. The standard InChI is InChI=1S/C29H37N5O5/c1-19-22(33-28(37)39-29(2,3)4)12-13-23-24(19)25(35)38-27(32-23)34(16-14-20-9-6-5-7-10-20)26(36)31-18-21-11-8-15-30-17-21/h8,11-13,15,17,20H,5-7,9-10,14,16,18H2,1-4H3,(H,31,36)(H,33,37). The molecule has 2 heterocycles. The number of carbonyl (C=O) groups is 2. The fraction of sp³-hybridized carbons (Fsp3) is 0.483. The van der Waals surface area contributed by atoms with Crippen LogP contribution in [-0.2, 0) is 11.3 Å². The van der Waals surface area contributed by atoms with Crippen molar-refractivity contribution < 1.29 is 18.7 Å². The normalized spacial score (nSPS) is 14.2. The van der Waals surface area contributed by atoms with Crippen molar-refractivity contribution >= 4 is 34.7 Å². The average molecular weight is 536 g/mol. The van der Waals surface area contributed by atoms with Crippen molar-refractivity contribution in [3.8, 4) is 0 Å². The molecule has 39 heavy (non-hydrogen) atoms. The van der Waals surface area contributed by atoms with E-state index in [9.17, 15) is 14.4 Å². The monoisotopic (exact) mass is 535 g/mol. The summed E-state index contributed by atoms with van der Waals surface area (Å²) >= 11 is 0. The molecule has 1 aliphatic rings. The number of benzene rings is 1. The highest BCUT2D eigenvalue weighted by atomic mass is 16.6. The maximum atomic E-state index is 13.3. The molecule has 0 bridgehead atoms. The molecule has 2 N–H and O–H groups in total.